The number of aliphatic carboxylic acids is 1. The maximum absolute atomic E-state index is 14.7. The molecular weight excluding hydrogens is 464 g/mol. The van der Waals surface area contributed by atoms with Crippen LogP contribution >= 0.6 is 11.6 Å². The van der Waals surface area contributed by atoms with E-state index in [9.17, 15) is 18.7 Å². The summed E-state index contributed by atoms with van der Waals surface area (Å²) in [4.78, 5) is 18.9. The van der Waals surface area contributed by atoms with E-state index < -0.39 is 23.0 Å². The molecule has 10 heteroatoms. The number of carboxylic acids is 1. The third kappa shape index (κ3) is 5.20. The minimum atomic E-state index is -1.15. The monoisotopic (exact) mass is 489 g/mol. The number of aromatic amines is 1. The minimum Gasteiger partial charge on any atom is -0.481 e. The highest BCUT2D eigenvalue weighted by molar-refractivity contribution is 6.30. The largest absolute Gasteiger partial charge is 0.481 e. The molecule has 180 valence electrons. The maximum atomic E-state index is 14.7. The predicted molar refractivity (Wildman–Crippen MR) is 125 cm³/mol. The zero-order valence-electron chi connectivity index (χ0n) is 18.9. The average Bonchev–Trinajstić information content (AvgIpc) is 3.19. The third-order valence-electron chi connectivity index (χ3n) is 6.40. The standard InChI is InChI=1S/C24H26ClF2N5O2/c1-14-9-22(31-30-14)29-21-6-5-19(27)20(28-21)12-24(23(33)34)7-8-32(15(2)11-24)13-16-3-4-18(26)17(25)10-16/h3-6,9-10,15H,7-8,11-13H2,1-2H3,(H,33,34)(H2,28,29,30,31)/t15-,24-/m1/s1. The SMILES string of the molecule is Cc1cc(Nc2ccc(F)c(C[C@@]3(C(=O)O)CCN(Cc4ccc(F)c(Cl)c4)[C@H](C)C3)n2)n[nH]1. The van der Waals surface area contributed by atoms with Gasteiger partial charge in [0.05, 0.1) is 16.1 Å². The molecule has 4 rings (SSSR count). The van der Waals surface area contributed by atoms with Crippen LogP contribution in [-0.2, 0) is 17.8 Å². The number of carboxylic acid groups (broad SMARTS) is 1. The van der Waals surface area contributed by atoms with Crippen LogP contribution in [0.25, 0.3) is 0 Å². The number of pyridine rings is 1. The molecule has 1 aromatic carbocycles. The molecule has 0 bridgehead atoms. The molecule has 0 spiro atoms. The third-order valence-corrected chi connectivity index (χ3v) is 6.69. The van der Waals surface area contributed by atoms with Crippen molar-refractivity contribution in [2.75, 3.05) is 11.9 Å². The van der Waals surface area contributed by atoms with Crippen molar-refractivity contribution in [1.82, 2.24) is 20.1 Å². The second kappa shape index (κ2) is 9.68. The van der Waals surface area contributed by atoms with Gasteiger partial charge >= 0.3 is 5.97 Å². The molecule has 34 heavy (non-hydrogen) atoms. The number of hydrogen-bond acceptors (Lipinski definition) is 5. The Balaban J connectivity index is 1.50. The Kier molecular flexibility index (Phi) is 6.86. The maximum Gasteiger partial charge on any atom is 0.310 e. The molecule has 0 saturated carbocycles. The molecule has 0 aliphatic carbocycles. The van der Waals surface area contributed by atoms with Crippen LogP contribution in [0.15, 0.2) is 36.4 Å². The number of aryl methyl sites for hydroxylation is 1. The van der Waals surface area contributed by atoms with E-state index in [1.165, 1.54) is 18.2 Å². The Morgan fingerprint density at radius 2 is 2.03 bits per heavy atom. The number of benzene rings is 1. The lowest BCUT2D eigenvalue weighted by atomic mass is 9.72. The number of nitrogens with one attached hydrogen (secondary N) is 2. The highest BCUT2D eigenvalue weighted by atomic mass is 35.5. The number of nitrogens with zero attached hydrogens (tertiary/aromatic N) is 3. The normalized spacial score (nSPS) is 20.9. The van der Waals surface area contributed by atoms with Crippen LogP contribution < -0.4 is 5.32 Å². The van der Waals surface area contributed by atoms with Crippen LogP contribution in [0.4, 0.5) is 20.4 Å². The number of hydrogen-bond donors (Lipinski definition) is 3. The molecule has 7 nitrogen and oxygen atoms in total. The van der Waals surface area contributed by atoms with Gasteiger partial charge in [-0.1, -0.05) is 17.7 Å². The zero-order chi connectivity index (χ0) is 24.5. The van der Waals surface area contributed by atoms with Crippen molar-refractivity contribution in [3.63, 3.8) is 0 Å². The first-order valence-corrected chi connectivity index (χ1v) is 11.4. The minimum absolute atomic E-state index is 0.0240. The molecule has 0 radical (unpaired) electrons. The van der Waals surface area contributed by atoms with Crippen molar-refractivity contribution in [1.29, 1.82) is 0 Å². The first kappa shape index (κ1) is 24.1. The summed E-state index contributed by atoms with van der Waals surface area (Å²) in [6.45, 7) is 4.82. The van der Waals surface area contributed by atoms with Gasteiger partial charge in [-0.15, -0.1) is 0 Å². The summed E-state index contributed by atoms with van der Waals surface area (Å²) in [7, 11) is 0. The summed E-state index contributed by atoms with van der Waals surface area (Å²) in [5.74, 6) is -1.05. The van der Waals surface area contributed by atoms with Crippen molar-refractivity contribution in [3.05, 3.63) is 70.0 Å². The molecule has 0 amide bonds. The molecule has 1 fully saturated rings. The summed E-state index contributed by atoms with van der Waals surface area (Å²) in [5, 5.41) is 20.1. The van der Waals surface area contributed by atoms with Crippen molar-refractivity contribution >= 4 is 29.2 Å². The van der Waals surface area contributed by atoms with E-state index in [0.717, 1.165) is 11.3 Å². The molecule has 1 saturated heterocycles. The van der Waals surface area contributed by atoms with Gasteiger partial charge in [0.15, 0.2) is 5.82 Å². The van der Waals surface area contributed by atoms with Gasteiger partial charge < -0.3 is 10.4 Å². The van der Waals surface area contributed by atoms with Gasteiger partial charge in [0.1, 0.15) is 17.5 Å². The zero-order valence-corrected chi connectivity index (χ0v) is 19.7. The van der Waals surface area contributed by atoms with Gasteiger partial charge in [0, 0.05) is 30.8 Å². The number of halogens is 3. The number of H-pyrrole nitrogens is 1. The summed E-state index contributed by atoms with van der Waals surface area (Å²) in [6.07, 6.45) is 0.636. The smallest absolute Gasteiger partial charge is 0.310 e. The number of rotatable bonds is 7. The number of likely N-dealkylation sites (tertiary alicyclic amines) is 1. The van der Waals surface area contributed by atoms with Crippen LogP contribution in [-0.4, -0.2) is 43.7 Å². The van der Waals surface area contributed by atoms with Gasteiger partial charge in [0.25, 0.3) is 0 Å². The van der Waals surface area contributed by atoms with Crippen LogP contribution in [0, 0.1) is 24.0 Å². The van der Waals surface area contributed by atoms with Crippen molar-refractivity contribution < 1.29 is 18.7 Å². The molecule has 0 unspecified atom stereocenters. The molecule has 1 aliphatic heterocycles. The summed E-state index contributed by atoms with van der Waals surface area (Å²) in [6, 6.07) is 9.06. The topological polar surface area (TPSA) is 94.1 Å². The first-order chi connectivity index (χ1) is 16.1. The quantitative estimate of drug-likeness (QED) is 0.428. The number of carbonyl (C=O) groups is 1. The second-order valence-corrected chi connectivity index (χ2v) is 9.38. The molecule has 2 aromatic heterocycles. The lowest BCUT2D eigenvalue weighted by Gasteiger charge is -2.43. The molecule has 1 aliphatic rings. The van der Waals surface area contributed by atoms with Crippen molar-refractivity contribution in [2.24, 2.45) is 5.41 Å². The van der Waals surface area contributed by atoms with E-state index in [1.807, 2.05) is 13.8 Å². The summed E-state index contributed by atoms with van der Waals surface area (Å²) >= 11 is 5.90. The number of anilines is 2. The summed E-state index contributed by atoms with van der Waals surface area (Å²) in [5.41, 5.74) is 0.663. The van der Waals surface area contributed by atoms with E-state index in [1.54, 1.807) is 18.2 Å². The van der Waals surface area contributed by atoms with E-state index >= 15 is 0 Å². The molecular formula is C24H26ClF2N5O2. The first-order valence-electron chi connectivity index (χ1n) is 11.0. The van der Waals surface area contributed by atoms with Gasteiger partial charge in [-0.2, -0.15) is 5.10 Å². The Morgan fingerprint density at radius 3 is 2.68 bits per heavy atom. The van der Waals surface area contributed by atoms with E-state index in [4.69, 9.17) is 11.6 Å². The van der Waals surface area contributed by atoms with Gasteiger partial charge in [-0.05, 0) is 63.1 Å². The predicted octanol–water partition coefficient (Wildman–Crippen LogP) is 5.09. The second-order valence-electron chi connectivity index (χ2n) is 8.97. The lowest BCUT2D eigenvalue weighted by Crippen LogP contribution is -2.49. The molecule has 3 heterocycles. The van der Waals surface area contributed by atoms with Gasteiger partial charge in [0.2, 0.25) is 0 Å². The van der Waals surface area contributed by atoms with E-state index in [-0.39, 0.29) is 23.2 Å². The van der Waals surface area contributed by atoms with Crippen molar-refractivity contribution in [2.45, 2.75) is 45.7 Å². The van der Waals surface area contributed by atoms with Gasteiger partial charge in [-0.3, -0.25) is 14.8 Å². The number of aromatic nitrogens is 3. The Morgan fingerprint density at radius 1 is 1.26 bits per heavy atom. The Bertz CT molecular complexity index is 1200. The fourth-order valence-electron chi connectivity index (χ4n) is 4.52. The Labute approximate surface area is 201 Å². The fourth-order valence-corrected chi connectivity index (χ4v) is 4.73. The van der Waals surface area contributed by atoms with Crippen molar-refractivity contribution in [3.8, 4) is 0 Å². The van der Waals surface area contributed by atoms with E-state index in [2.05, 4.69) is 25.4 Å². The highest BCUT2D eigenvalue weighted by Crippen LogP contribution is 2.39. The fraction of sp³-hybridized carbons (Fsp3) is 0.375. The van der Waals surface area contributed by atoms with Crippen LogP contribution in [0.5, 0.6) is 0 Å². The molecule has 3 N–H and O–H groups in total. The highest BCUT2D eigenvalue weighted by Gasteiger charge is 2.45. The number of piperidine rings is 1. The summed E-state index contributed by atoms with van der Waals surface area (Å²) < 4.78 is 28.2. The van der Waals surface area contributed by atoms with Crippen LogP contribution in [0.1, 0.15) is 36.7 Å². The molecule has 3 aromatic rings. The van der Waals surface area contributed by atoms with Crippen LogP contribution in [0.2, 0.25) is 5.02 Å². The average molecular weight is 490 g/mol. The van der Waals surface area contributed by atoms with E-state index in [0.29, 0.717) is 37.6 Å². The van der Waals surface area contributed by atoms with Gasteiger partial charge in [-0.25, -0.2) is 13.8 Å². The van der Waals surface area contributed by atoms with Crippen LogP contribution in [0.3, 0.4) is 0 Å². The molecule has 2 atom stereocenters. The lowest BCUT2D eigenvalue weighted by molar-refractivity contribution is -0.153. The Hall–Kier alpha value is -3.04.